The number of halogens is 1. The molecule has 0 radical (unpaired) electrons. The molecule has 0 saturated carbocycles. The highest BCUT2D eigenvalue weighted by molar-refractivity contribution is 5.97. The fourth-order valence-electron chi connectivity index (χ4n) is 3.78. The molecule has 0 aliphatic carbocycles. The monoisotopic (exact) mass is 382 g/mol. The van der Waals surface area contributed by atoms with Crippen LogP contribution in [0.25, 0.3) is 0 Å². The number of fused-ring (bicyclic) bond motifs is 1. The summed E-state index contributed by atoms with van der Waals surface area (Å²) < 4.78 is 24.7. The Balaban J connectivity index is 1.52. The van der Waals surface area contributed by atoms with Crippen LogP contribution in [0.15, 0.2) is 51.5 Å². The number of carbonyl (C=O) groups is 1. The van der Waals surface area contributed by atoms with Crippen LogP contribution in [-0.4, -0.2) is 17.4 Å². The van der Waals surface area contributed by atoms with Gasteiger partial charge in [0.15, 0.2) is 0 Å². The first kappa shape index (κ1) is 18.5. The van der Waals surface area contributed by atoms with Gasteiger partial charge in [0.1, 0.15) is 23.1 Å². The summed E-state index contributed by atoms with van der Waals surface area (Å²) in [5.74, 6) is 1.79. The summed E-state index contributed by atoms with van der Waals surface area (Å²) in [5.41, 5.74) is 2.43. The van der Waals surface area contributed by atoms with Crippen molar-refractivity contribution in [3.8, 4) is 0 Å². The molecule has 1 N–H and O–H groups in total. The van der Waals surface area contributed by atoms with Crippen molar-refractivity contribution in [2.45, 2.75) is 39.4 Å². The zero-order valence-electron chi connectivity index (χ0n) is 16.0. The fourth-order valence-corrected chi connectivity index (χ4v) is 3.78. The lowest BCUT2D eigenvalue weighted by Gasteiger charge is -2.26. The molecular formula is C22H23FN2O3. The van der Waals surface area contributed by atoms with Crippen molar-refractivity contribution in [1.29, 1.82) is 0 Å². The van der Waals surface area contributed by atoms with Gasteiger partial charge >= 0.3 is 0 Å². The third kappa shape index (κ3) is 3.73. The van der Waals surface area contributed by atoms with E-state index < -0.39 is 0 Å². The zero-order chi connectivity index (χ0) is 19.7. The van der Waals surface area contributed by atoms with Crippen LogP contribution in [0.3, 0.4) is 0 Å². The van der Waals surface area contributed by atoms with Gasteiger partial charge in [-0.3, -0.25) is 9.69 Å². The maximum atomic E-state index is 13.5. The lowest BCUT2D eigenvalue weighted by molar-refractivity contribution is 0.0931. The number of carbonyl (C=O) groups excluding carboxylic acids is 1. The van der Waals surface area contributed by atoms with Gasteiger partial charge in [-0.05, 0) is 43.7 Å². The summed E-state index contributed by atoms with van der Waals surface area (Å²) in [4.78, 5) is 15.1. The second kappa shape index (κ2) is 7.64. The topological polar surface area (TPSA) is 58.6 Å². The summed E-state index contributed by atoms with van der Waals surface area (Å²) in [5, 5.41) is 2.99. The minimum absolute atomic E-state index is 0.168. The van der Waals surface area contributed by atoms with Gasteiger partial charge in [0.05, 0.1) is 17.9 Å². The highest BCUT2D eigenvalue weighted by Crippen LogP contribution is 2.29. The van der Waals surface area contributed by atoms with Crippen molar-refractivity contribution in [2.24, 2.45) is 0 Å². The Bertz CT molecular complexity index is 978. The molecule has 1 unspecified atom stereocenters. The van der Waals surface area contributed by atoms with E-state index in [2.05, 4.69) is 10.2 Å². The molecule has 3 heterocycles. The Labute approximate surface area is 163 Å². The normalized spacial score (nSPS) is 15.2. The van der Waals surface area contributed by atoms with Crippen molar-refractivity contribution in [3.63, 3.8) is 0 Å². The zero-order valence-corrected chi connectivity index (χ0v) is 16.0. The van der Waals surface area contributed by atoms with Crippen molar-refractivity contribution in [3.05, 3.63) is 82.4 Å². The number of hydrogen-bond acceptors (Lipinski definition) is 4. The molecule has 1 aromatic carbocycles. The molecule has 5 nitrogen and oxygen atoms in total. The maximum absolute atomic E-state index is 13.5. The summed E-state index contributed by atoms with van der Waals surface area (Å²) in [6.07, 6.45) is 2.32. The van der Waals surface area contributed by atoms with Gasteiger partial charge in [-0.15, -0.1) is 0 Å². The summed E-state index contributed by atoms with van der Waals surface area (Å²) in [6.45, 7) is 5.74. The van der Waals surface area contributed by atoms with E-state index in [0.29, 0.717) is 30.2 Å². The minimum Gasteiger partial charge on any atom is -0.467 e. The number of amides is 1. The molecule has 3 aromatic rings. The average molecular weight is 382 g/mol. The van der Waals surface area contributed by atoms with E-state index in [-0.39, 0.29) is 17.8 Å². The van der Waals surface area contributed by atoms with E-state index in [1.54, 1.807) is 24.5 Å². The van der Waals surface area contributed by atoms with Crippen molar-refractivity contribution >= 4 is 5.91 Å². The van der Waals surface area contributed by atoms with Gasteiger partial charge < -0.3 is 14.2 Å². The van der Waals surface area contributed by atoms with E-state index in [4.69, 9.17) is 8.83 Å². The van der Waals surface area contributed by atoms with E-state index in [0.717, 1.165) is 29.9 Å². The van der Waals surface area contributed by atoms with Gasteiger partial charge in [-0.1, -0.05) is 12.1 Å². The van der Waals surface area contributed by atoms with Crippen LogP contribution in [0.2, 0.25) is 0 Å². The Morgan fingerprint density at radius 3 is 2.93 bits per heavy atom. The SMILES string of the molecule is Cc1oc2c(c1C(=O)NC(C)c1ccco1)CN(Cc1cccc(F)c1)CC2. The van der Waals surface area contributed by atoms with Crippen LogP contribution < -0.4 is 5.32 Å². The van der Waals surface area contributed by atoms with E-state index in [1.165, 1.54) is 6.07 Å². The molecule has 146 valence electrons. The maximum Gasteiger partial charge on any atom is 0.255 e. The lowest BCUT2D eigenvalue weighted by atomic mass is 10.0. The predicted octanol–water partition coefficient (Wildman–Crippen LogP) is 4.37. The van der Waals surface area contributed by atoms with E-state index in [1.807, 2.05) is 26.0 Å². The number of nitrogens with zero attached hydrogens (tertiary/aromatic N) is 1. The lowest BCUT2D eigenvalue weighted by Crippen LogP contribution is -2.32. The molecule has 1 aliphatic heterocycles. The van der Waals surface area contributed by atoms with Crippen LogP contribution in [0.1, 0.15) is 51.7 Å². The van der Waals surface area contributed by atoms with Crippen LogP contribution in [0, 0.1) is 12.7 Å². The number of aryl methyl sites for hydroxylation is 1. The Hall–Kier alpha value is -2.86. The van der Waals surface area contributed by atoms with Crippen LogP contribution >= 0.6 is 0 Å². The minimum atomic E-state index is -0.237. The van der Waals surface area contributed by atoms with Crippen molar-refractivity contribution in [2.75, 3.05) is 6.54 Å². The van der Waals surface area contributed by atoms with Crippen LogP contribution in [0.5, 0.6) is 0 Å². The first-order chi connectivity index (χ1) is 13.5. The third-order valence-corrected chi connectivity index (χ3v) is 5.14. The molecule has 2 aromatic heterocycles. The number of nitrogens with one attached hydrogen (secondary N) is 1. The second-order valence-corrected chi connectivity index (χ2v) is 7.24. The first-order valence-corrected chi connectivity index (χ1v) is 9.43. The van der Waals surface area contributed by atoms with Gasteiger partial charge in [-0.25, -0.2) is 4.39 Å². The molecule has 4 rings (SSSR count). The van der Waals surface area contributed by atoms with E-state index >= 15 is 0 Å². The third-order valence-electron chi connectivity index (χ3n) is 5.14. The fraction of sp³-hybridized carbons (Fsp3) is 0.318. The Kier molecular flexibility index (Phi) is 5.05. The molecule has 1 atom stereocenters. The molecule has 1 aliphatic rings. The standard InChI is InChI=1S/C22H23FN2O3/c1-14(19-7-4-10-27-19)24-22(26)21-15(2)28-20-8-9-25(13-18(20)21)12-16-5-3-6-17(23)11-16/h3-7,10-11,14H,8-9,12-13H2,1-2H3,(H,24,26). The number of hydrogen-bond donors (Lipinski definition) is 1. The molecule has 0 bridgehead atoms. The number of furan rings is 2. The highest BCUT2D eigenvalue weighted by Gasteiger charge is 2.29. The van der Waals surface area contributed by atoms with Crippen LogP contribution in [0.4, 0.5) is 4.39 Å². The largest absolute Gasteiger partial charge is 0.467 e. The molecule has 6 heteroatoms. The van der Waals surface area contributed by atoms with Gasteiger partial charge in [0.25, 0.3) is 5.91 Å². The molecule has 1 amide bonds. The van der Waals surface area contributed by atoms with E-state index in [9.17, 15) is 9.18 Å². The Morgan fingerprint density at radius 1 is 1.32 bits per heavy atom. The molecule has 0 fully saturated rings. The Morgan fingerprint density at radius 2 is 2.18 bits per heavy atom. The molecule has 0 saturated heterocycles. The summed E-state index contributed by atoms with van der Waals surface area (Å²) in [7, 11) is 0. The van der Waals surface area contributed by atoms with Crippen LogP contribution in [-0.2, 0) is 19.5 Å². The second-order valence-electron chi connectivity index (χ2n) is 7.24. The van der Waals surface area contributed by atoms with Gasteiger partial charge in [0, 0.05) is 31.6 Å². The highest BCUT2D eigenvalue weighted by atomic mass is 19.1. The van der Waals surface area contributed by atoms with Crippen molar-refractivity contribution in [1.82, 2.24) is 10.2 Å². The number of rotatable bonds is 5. The average Bonchev–Trinajstić information content (AvgIpc) is 3.28. The molecule has 0 spiro atoms. The smallest absolute Gasteiger partial charge is 0.255 e. The van der Waals surface area contributed by atoms with Gasteiger partial charge in [-0.2, -0.15) is 0 Å². The quantitative estimate of drug-likeness (QED) is 0.712. The first-order valence-electron chi connectivity index (χ1n) is 9.43. The predicted molar refractivity (Wildman–Crippen MR) is 102 cm³/mol. The molecular weight excluding hydrogens is 359 g/mol. The van der Waals surface area contributed by atoms with Gasteiger partial charge in [0.2, 0.25) is 0 Å². The summed E-state index contributed by atoms with van der Waals surface area (Å²) >= 11 is 0. The number of benzene rings is 1. The van der Waals surface area contributed by atoms with Crippen molar-refractivity contribution < 1.29 is 18.0 Å². The molecule has 28 heavy (non-hydrogen) atoms. The summed E-state index contributed by atoms with van der Waals surface area (Å²) in [6, 6.07) is 10.0.